The van der Waals surface area contributed by atoms with Crippen molar-refractivity contribution >= 4 is 11.9 Å². The maximum absolute atomic E-state index is 12.6. The van der Waals surface area contributed by atoms with Crippen LogP contribution in [0.1, 0.15) is 32.1 Å². The summed E-state index contributed by atoms with van der Waals surface area (Å²) in [7, 11) is 0. The lowest BCUT2D eigenvalue weighted by atomic mass is 9.96. The Kier molecular flexibility index (Phi) is 2.45. The van der Waals surface area contributed by atoms with E-state index in [0.717, 1.165) is 31.2 Å². The zero-order valence-electron chi connectivity index (χ0n) is 11.1. The van der Waals surface area contributed by atoms with Gasteiger partial charge in [-0.1, -0.05) is 0 Å². The van der Waals surface area contributed by atoms with Crippen LogP contribution in [0.5, 0.6) is 0 Å². The van der Waals surface area contributed by atoms with Gasteiger partial charge < -0.3 is 10.0 Å². The fourth-order valence-corrected chi connectivity index (χ4v) is 5.24. The van der Waals surface area contributed by atoms with Crippen molar-refractivity contribution in [3.63, 3.8) is 0 Å². The monoisotopic (exact) mass is 263 g/mol. The molecule has 0 spiro atoms. The number of rotatable bonds is 2. The highest BCUT2D eigenvalue weighted by Crippen LogP contribution is 2.69. The van der Waals surface area contributed by atoms with Gasteiger partial charge in [0.25, 0.3) is 0 Å². The number of carbonyl (C=O) groups excluding carboxylic acids is 1. The minimum absolute atomic E-state index is 0.263. The second-order valence-electron chi connectivity index (χ2n) is 6.98. The van der Waals surface area contributed by atoms with Crippen LogP contribution in [-0.2, 0) is 9.59 Å². The van der Waals surface area contributed by atoms with Gasteiger partial charge in [0.15, 0.2) is 0 Å². The standard InChI is InChI=1S/C15H21NO3/c17-14(16-5-1-2-10(7-16)15(18)19)13-11-8-3-4-9(6-8)12(11)13/h8-13H,1-7H2,(H,18,19)/t8-,9-,10-,11-,12+,13?/m0/s1. The highest BCUT2D eigenvalue weighted by atomic mass is 16.4. The van der Waals surface area contributed by atoms with Crippen LogP contribution in [0.2, 0.25) is 0 Å². The van der Waals surface area contributed by atoms with Crippen LogP contribution in [0.25, 0.3) is 0 Å². The minimum Gasteiger partial charge on any atom is -0.481 e. The number of nitrogens with zero attached hydrogens (tertiary/aromatic N) is 1. The van der Waals surface area contributed by atoms with Crippen LogP contribution < -0.4 is 0 Å². The Bertz CT molecular complexity index is 419. The summed E-state index contributed by atoms with van der Waals surface area (Å²) in [6.07, 6.45) is 5.58. The SMILES string of the molecule is O=C(O)[C@H]1CCCN(C(=O)C2[C@@H]3[C@H]4CC[C@@H](C4)[C@H]23)C1. The molecule has 1 amide bonds. The van der Waals surface area contributed by atoms with E-state index in [1.54, 1.807) is 0 Å². The van der Waals surface area contributed by atoms with E-state index in [1.165, 1.54) is 19.3 Å². The van der Waals surface area contributed by atoms with E-state index >= 15 is 0 Å². The summed E-state index contributed by atoms with van der Waals surface area (Å²) in [6.45, 7) is 1.22. The Labute approximate surface area is 113 Å². The van der Waals surface area contributed by atoms with Crippen LogP contribution in [0.4, 0.5) is 0 Å². The zero-order valence-corrected chi connectivity index (χ0v) is 11.1. The van der Waals surface area contributed by atoms with Crippen molar-refractivity contribution in [2.75, 3.05) is 13.1 Å². The van der Waals surface area contributed by atoms with E-state index < -0.39 is 5.97 Å². The molecule has 1 heterocycles. The second-order valence-corrected chi connectivity index (χ2v) is 6.98. The largest absolute Gasteiger partial charge is 0.481 e. The number of aliphatic carboxylic acids is 1. The van der Waals surface area contributed by atoms with Crippen LogP contribution in [-0.4, -0.2) is 35.0 Å². The average Bonchev–Trinajstić information content (AvgIpc) is 2.85. The quantitative estimate of drug-likeness (QED) is 0.823. The maximum Gasteiger partial charge on any atom is 0.308 e. The first-order chi connectivity index (χ1) is 9.16. The molecule has 1 aliphatic heterocycles. The predicted octanol–water partition coefficient (Wildman–Crippen LogP) is 1.60. The third-order valence-corrected chi connectivity index (χ3v) is 6.10. The molecule has 4 aliphatic rings. The molecule has 2 bridgehead atoms. The number of piperidine rings is 1. The number of carboxylic acids is 1. The lowest BCUT2D eigenvalue weighted by molar-refractivity contribution is -0.146. The first-order valence-electron chi connectivity index (χ1n) is 7.68. The zero-order chi connectivity index (χ0) is 13.1. The molecule has 4 rings (SSSR count). The molecule has 0 aromatic heterocycles. The smallest absolute Gasteiger partial charge is 0.308 e. The Morgan fingerprint density at radius 1 is 1.05 bits per heavy atom. The van der Waals surface area contributed by atoms with E-state index in [1.807, 2.05) is 4.90 Å². The Morgan fingerprint density at radius 3 is 2.37 bits per heavy atom. The van der Waals surface area contributed by atoms with Gasteiger partial charge in [-0.15, -0.1) is 0 Å². The van der Waals surface area contributed by atoms with E-state index in [0.29, 0.717) is 18.4 Å². The molecule has 0 aromatic carbocycles. The number of carbonyl (C=O) groups is 2. The summed E-state index contributed by atoms with van der Waals surface area (Å²) >= 11 is 0. The normalized spacial score (nSPS) is 47.1. The number of hydrogen-bond acceptors (Lipinski definition) is 2. The molecule has 0 aromatic rings. The lowest BCUT2D eigenvalue weighted by Crippen LogP contribution is -2.43. The van der Waals surface area contributed by atoms with E-state index in [4.69, 9.17) is 5.11 Å². The topological polar surface area (TPSA) is 57.6 Å². The summed E-state index contributed by atoms with van der Waals surface area (Å²) in [5, 5.41) is 9.11. The molecule has 104 valence electrons. The number of hydrogen-bond donors (Lipinski definition) is 1. The second kappa shape index (κ2) is 3.97. The fraction of sp³-hybridized carbons (Fsp3) is 0.867. The van der Waals surface area contributed by atoms with Gasteiger partial charge >= 0.3 is 5.97 Å². The molecule has 3 saturated carbocycles. The number of fused-ring (bicyclic) bond motifs is 5. The van der Waals surface area contributed by atoms with Crippen molar-refractivity contribution in [3.8, 4) is 0 Å². The van der Waals surface area contributed by atoms with Crippen molar-refractivity contribution in [1.29, 1.82) is 0 Å². The maximum atomic E-state index is 12.6. The average molecular weight is 263 g/mol. The summed E-state index contributed by atoms with van der Waals surface area (Å²) in [5.41, 5.74) is 0. The Balaban J connectivity index is 1.43. The van der Waals surface area contributed by atoms with Crippen LogP contribution in [0.15, 0.2) is 0 Å². The van der Waals surface area contributed by atoms with Gasteiger partial charge in [-0.25, -0.2) is 0 Å². The van der Waals surface area contributed by atoms with Gasteiger partial charge in [0, 0.05) is 19.0 Å². The summed E-state index contributed by atoms with van der Waals surface area (Å²) in [5.74, 6) is 2.40. The number of carboxylic acid groups (broad SMARTS) is 1. The lowest BCUT2D eigenvalue weighted by Gasteiger charge is -2.31. The molecule has 1 saturated heterocycles. The van der Waals surface area contributed by atoms with E-state index in [-0.39, 0.29) is 17.7 Å². The van der Waals surface area contributed by atoms with E-state index in [9.17, 15) is 9.59 Å². The van der Waals surface area contributed by atoms with Crippen molar-refractivity contribution in [3.05, 3.63) is 0 Å². The van der Waals surface area contributed by atoms with Gasteiger partial charge in [0.2, 0.25) is 5.91 Å². The Morgan fingerprint density at radius 2 is 1.74 bits per heavy atom. The first kappa shape index (κ1) is 11.7. The van der Waals surface area contributed by atoms with Crippen LogP contribution in [0.3, 0.4) is 0 Å². The molecule has 4 fully saturated rings. The van der Waals surface area contributed by atoms with Gasteiger partial charge in [-0.2, -0.15) is 0 Å². The third-order valence-electron chi connectivity index (χ3n) is 6.10. The molecule has 6 atom stereocenters. The van der Waals surface area contributed by atoms with Crippen LogP contribution in [0, 0.1) is 35.5 Å². The molecule has 3 aliphatic carbocycles. The number of likely N-dealkylation sites (tertiary alicyclic amines) is 1. The first-order valence-corrected chi connectivity index (χ1v) is 7.68. The molecule has 4 nitrogen and oxygen atoms in total. The molecule has 0 radical (unpaired) electrons. The summed E-state index contributed by atoms with van der Waals surface area (Å²) in [6, 6.07) is 0. The summed E-state index contributed by atoms with van der Waals surface area (Å²) < 4.78 is 0. The molecule has 4 heteroatoms. The highest BCUT2D eigenvalue weighted by molar-refractivity contribution is 5.83. The van der Waals surface area contributed by atoms with Gasteiger partial charge in [-0.05, 0) is 55.8 Å². The molecular weight excluding hydrogens is 242 g/mol. The molecule has 1 N–H and O–H groups in total. The molecule has 19 heavy (non-hydrogen) atoms. The van der Waals surface area contributed by atoms with Gasteiger partial charge in [-0.3, -0.25) is 9.59 Å². The van der Waals surface area contributed by atoms with Crippen molar-refractivity contribution in [1.82, 2.24) is 4.90 Å². The predicted molar refractivity (Wildman–Crippen MR) is 68.2 cm³/mol. The minimum atomic E-state index is -0.742. The third kappa shape index (κ3) is 1.65. The van der Waals surface area contributed by atoms with Gasteiger partial charge in [0.05, 0.1) is 5.92 Å². The van der Waals surface area contributed by atoms with Crippen molar-refractivity contribution in [2.45, 2.75) is 32.1 Å². The Hall–Kier alpha value is -1.06. The van der Waals surface area contributed by atoms with Crippen molar-refractivity contribution < 1.29 is 14.7 Å². The molecular formula is C15H21NO3. The fourth-order valence-electron chi connectivity index (χ4n) is 5.24. The number of amides is 1. The van der Waals surface area contributed by atoms with Crippen molar-refractivity contribution in [2.24, 2.45) is 35.5 Å². The van der Waals surface area contributed by atoms with Gasteiger partial charge in [0.1, 0.15) is 0 Å². The van der Waals surface area contributed by atoms with Crippen LogP contribution >= 0.6 is 0 Å². The molecule has 1 unspecified atom stereocenters. The highest BCUT2D eigenvalue weighted by Gasteiger charge is 2.68. The van der Waals surface area contributed by atoms with E-state index in [2.05, 4.69) is 0 Å². The summed E-state index contributed by atoms with van der Waals surface area (Å²) in [4.78, 5) is 25.5.